The van der Waals surface area contributed by atoms with Gasteiger partial charge in [0.25, 0.3) is 0 Å². The fourth-order valence-electron chi connectivity index (χ4n) is 2.17. The van der Waals surface area contributed by atoms with E-state index in [4.69, 9.17) is 10.5 Å². The van der Waals surface area contributed by atoms with Crippen molar-refractivity contribution in [3.63, 3.8) is 0 Å². The van der Waals surface area contributed by atoms with Gasteiger partial charge in [-0.05, 0) is 31.0 Å². The van der Waals surface area contributed by atoms with Crippen molar-refractivity contribution in [1.82, 2.24) is 0 Å². The maximum Gasteiger partial charge on any atom is 0.0616 e. The highest BCUT2D eigenvalue weighted by Crippen LogP contribution is 2.36. The van der Waals surface area contributed by atoms with E-state index in [2.05, 4.69) is 33.4 Å². The topological polar surface area (TPSA) is 47.3 Å². The van der Waals surface area contributed by atoms with Gasteiger partial charge in [0.1, 0.15) is 0 Å². The molecule has 16 heavy (non-hydrogen) atoms. The molecule has 0 bridgehead atoms. The Morgan fingerprint density at radius 1 is 1.56 bits per heavy atom. The molecule has 0 unspecified atom stereocenters. The molecule has 0 saturated heterocycles. The average Bonchev–Trinajstić information content (AvgIpc) is 2.23. The van der Waals surface area contributed by atoms with Crippen molar-refractivity contribution in [1.29, 1.82) is 0 Å². The van der Waals surface area contributed by atoms with E-state index < -0.39 is 0 Å². The lowest BCUT2D eigenvalue weighted by molar-refractivity contribution is -0.00244. The van der Waals surface area contributed by atoms with Crippen LogP contribution in [0.15, 0.2) is 28.7 Å². The van der Waals surface area contributed by atoms with Gasteiger partial charge in [-0.3, -0.25) is 0 Å². The Labute approximate surface area is 104 Å². The van der Waals surface area contributed by atoms with Crippen LogP contribution in [0.3, 0.4) is 0 Å². The molecule has 1 saturated carbocycles. The number of halogens is 1. The van der Waals surface area contributed by atoms with Crippen LogP contribution in [-0.4, -0.2) is 25.3 Å². The standard InChI is InChI=1S/C12H17BrN2O/c1-16-11-6-12(7-11,8-14)15-10-4-2-3-9(13)5-10/h2-5,11,15H,6-8,14H2,1H3. The highest BCUT2D eigenvalue weighted by molar-refractivity contribution is 9.10. The van der Waals surface area contributed by atoms with Crippen LogP contribution in [0.5, 0.6) is 0 Å². The van der Waals surface area contributed by atoms with Crippen LogP contribution >= 0.6 is 15.9 Å². The van der Waals surface area contributed by atoms with Crippen LogP contribution in [0.1, 0.15) is 12.8 Å². The molecule has 0 atom stereocenters. The van der Waals surface area contributed by atoms with Crippen molar-refractivity contribution in [3.8, 4) is 0 Å². The second-order valence-electron chi connectivity index (χ2n) is 4.39. The third kappa shape index (κ3) is 2.39. The fraction of sp³-hybridized carbons (Fsp3) is 0.500. The molecule has 0 aromatic heterocycles. The number of methoxy groups -OCH3 is 1. The van der Waals surface area contributed by atoms with Gasteiger partial charge in [0, 0.05) is 23.8 Å². The maximum atomic E-state index is 5.84. The number of benzene rings is 1. The lowest BCUT2D eigenvalue weighted by atomic mass is 9.74. The zero-order valence-electron chi connectivity index (χ0n) is 9.37. The van der Waals surface area contributed by atoms with Gasteiger partial charge >= 0.3 is 0 Å². The Morgan fingerprint density at radius 2 is 2.31 bits per heavy atom. The Balaban J connectivity index is 2.03. The molecule has 0 aliphatic heterocycles. The molecule has 3 N–H and O–H groups in total. The number of hydrogen-bond donors (Lipinski definition) is 2. The van der Waals surface area contributed by atoms with E-state index in [9.17, 15) is 0 Å². The zero-order chi connectivity index (χ0) is 11.6. The quantitative estimate of drug-likeness (QED) is 0.892. The molecule has 1 aliphatic carbocycles. The van der Waals surface area contributed by atoms with Gasteiger partial charge in [-0.25, -0.2) is 0 Å². The van der Waals surface area contributed by atoms with Crippen LogP contribution in [0, 0.1) is 0 Å². The molecule has 4 heteroatoms. The summed E-state index contributed by atoms with van der Waals surface area (Å²) in [4.78, 5) is 0. The van der Waals surface area contributed by atoms with E-state index in [-0.39, 0.29) is 5.54 Å². The summed E-state index contributed by atoms with van der Waals surface area (Å²) in [7, 11) is 1.75. The van der Waals surface area contributed by atoms with E-state index in [1.807, 2.05) is 12.1 Å². The van der Waals surface area contributed by atoms with Gasteiger partial charge in [-0.15, -0.1) is 0 Å². The SMILES string of the molecule is COC1CC(CN)(Nc2cccc(Br)c2)C1. The maximum absolute atomic E-state index is 5.84. The summed E-state index contributed by atoms with van der Waals surface area (Å²) in [5, 5.41) is 3.51. The summed E-state index contributed by atoms with van der Waals surface area (Å²) in [6.07, 6.45) is 2.31. The molecule has 1 aliphatic rings. The predicted molar refractivity (Wildman–Crippen MR) is 69.6 cm³/mol. The molecule has 0 amide bonds. The number of hydrogen-bond acceptors (Lipinski definition) is 3. The van der Waals surface area contributed by atoms with Crippen LogP contribution in [0.2, 0.25) is 0 Å². The number of ether oxygens (including phenoxy) is 1. The molecule has 1 aromatic carbocycles. The van der Waals surface area contributed by atoms with E-state index in [1.165, 1.54) is 0 Å². The predicted octanol–water partition coefficient (Wildman–Crippen LogP) is 2.37. The molecule has 1 fully saturated rings. The summed E-state index contributed by atoms with van der Waals surface area (Å²) in [6, 6.07) is 8.15. The smallest absolute Gasteiger partial charge is 0.0616 e. The summed E-state index contributed by atoms with van der Waals surface area (Å²) >= 11 is 3.46. The molecule has 0 radical (unpaired) electrons. The Morgan fingerprint density at radius 3 is 2.88 bits per heavy atom. The van der Waals surface area contributed by atoms with Crippen molar-refractivity contribution in [2.24, 2.45) is 5.73 Å². The number of nitrogens with one attached hydrogen (secondary N) is 1. The molecule has 0 spiro atoms. The molecular weight excluding hydrogens is 268 g/mol. The van der Waals surface area contributed by atoms with Crippen molar-refractivity contribution in [2.45, 2.75) is 24.5 Å². The molecule has 88 valence electrons. The average molecular weight is 285 g/mol. The van der Waals surface area contributed by atoms with E-state index in [0.717, 1.165) is 23.0 Å². The normalized spacial score (nSPS) is 28.6. The van der Waals surface area contributed by atoms with Gasteiger partial charge in [-0.2, -0.15) is 0 Å². The van der Waals surface area contributed by atoms with Crippen LogP contribution in [0.4, 0.5) is 5.69 Å². The van der Waals surface area contributed by atoms with Crippen LogP contribution < -0.4 is 11.1 Å². The minimum Gasteiger partial charge on any atom is -0.381 e. The first kappa shape index (κ1) is 11.9. The number of rotatable bonds is 4. The van der Waals surface area contributed by atoms with Gasteiger partial charge in [-0.1, -0.05) is 22.0 Å². The Bertz CT molecular complexity index is 364. The first-order valence-electron chi connectivity index (χ1n) is 5.44. The first-order chi connectivity index (χ1) is 7.67. The number of nitrogens with two attached hydrogens (primary N) is 1. The summed E-state index contributed by atoms with van der Waals surface area (Å²) in [5.74, 6) is 0. The van der Waals surface area contributed by atoms with Crippen LogP contribution in [-0.2, 0) is 4.74 Å². The molecule has 3 nitrogen and oxygen atoms in total. The second-order valence-corrected chi connectivity index (χ2v) is 5.30. The van der Waals surface area contributed by atoms with E-state index >= 15 is 0 Å². The van der Waals surface area contributed by atoms with E-state index in [1.54, 1.807) is 7.11 Å². The molecule has 0 heterocycles. The van der Waals surface area contributed by atoms with Crippen molar-refractivity contribution < 1.29 is 4.74 Å². The van der Waals surface area contributed by atoms with Crippen molar-refractivity contribution >= 4 is 21.6 Å². The second kappa shape index (κ2) is 4.73. The van der Waals surface area contributed by atoms with Crippen molar-refractivity contribution in [3.05, 3.63) is 28.7 Å². The lowest BCUT2D eigenvalue weighted by Crippen LogP contribution is -2.58. The summed E-state index contributed by atoms with van der Waals surface area (Å²) in [6.45, 7) is 0.638. The molecule has 1 aromatic rings. The minimum absolute atomic E-state index is 0.0153. The Kier molecular flexibility index (Phi) is 3.52. The van der Waals surface area contributed by atoms with Gasteiger partial charge in [0.2, 0.25) is 0 Å². The third-order valence-electron chi connectivity index (χ3n) is 3.20. The summed E-state index contributed by atoms with van der Waals surface area (Å²) in [5.41, 5.74) is 6.96. The lowest BCUT2D eigenvalue weighted by Gasteiger charge is -2.47. The zero-order valence-corrected chi connectivity index (χ0v) is 11.0. The Hall–Kier alpha value is -0.580. The van der Waals surface area contributed by atoms with Gasteiger partial charge in [0.05, 0.1) is 11.6 Å². The fourth-order valence-corrected chi connectivity index (χ4v) is 2.57. The van der Waals surface area contributed by atoms with E-state index in [0.29, 0.717) is 12.6 Å². The molecule has 2 rings (SSSR count). The number of anilines is 1. The highest BCUT2D eigenvalue weighted by Gasteiger charge is 2.43. The largest absolute Gasteiger partial charge is 0.381 e. The monoisotopic (exact) mass is 284 g/mol. The van der Waals surface area contributed by atoms with Crippen LogP contribution in [0.25, 0.3) is 0 Å². The first-order valence-corrected chi connectivity index (χ1v) is 6.23. The summed E-state index contributed by atoms with van der Waals surface area (Å²) < 4.78 is 6.38. The van der Waals surface area contributed by atoms with Crippen molar-refractivity contribution in [2.75, 3.05) is 19.0 Å². The highest BCUT2D eigenvalue weighted by atomic mass is 79.9. The molecular formula is C12H17BrN2O. The van der Waals surface area contributed by atoms with Gasteiger partial charge < -0.3 is 15.8 Å². The third-order valence-corrected chi connectivity index (χ3v) is 3.69. The minimum atomic E-state index is 0.0153. The van der Waals surface area contributed by atoms with Gasteiger partial charge in [0.15, 0.2) is 0 Å².